The molecule has 1 atom stereocenters. The van der Waals surface area contributed by atoms with Gasteiger partial charge in [-0.3, -0.25) is 9.59 Å². The Morgan fingerprint density at radius 1 is 1.58 bits per heavy atom. The van der Waals surface area contributed by atoms with Crippen molar-refractivity contribution in [3.8, 4) is 0 Å². The zero-order valence-electron chi connectivity index (χ0n) is 7.16. The van der Waals surface area contributed by atoms with Crippen molar-refractivity contribution in [2.75, 3.05) is 13.7 Å². The van der Waals surface area contributed by atoms with Gasteiger partial charge >= 0.3 is 5.97 Å². The standard InChI is InChI=1S/C7H13NO4/c1-5(9)8-6(4-12-2)3-7(10)11/h6H,3-4H2,1-2H3,(H,8,9)(H,10,11)/t6-/m1/s1. The molecule has 0 heterocycles. The van der Waals surface area contributed by atoms with Crippen molar-refractivity contribution in [2.24, 2.45) is 0 Å². The zero-order valence-corrected chi connectivity index (χ0v) is 7.16. The number of hydrogen-bond donors (Lipinski definition) is 2. The average molecular weight is 175 g/mol. The normalized spacial score (nSPS) is 12.2. The quantitative estimate of drug-likeness (QED) is 0.596. The van der Waals surface area contributed by atoms with Crippen LogP contribution in [0.3, 0.4) is 0 Å². The minimum absolute atomic E-state index is 0.118. The fraction of sp³-hybridized carbons (Fsp3) is 0.714. The summed E-state index contributed by atoms with van der Waals surface area (Å²) in [5.41, 5.74) is 0. The van der Waals surface area contributed by atoms with E-state index in [0.29, 0.717) is 0 Å². The van der Waals surface area contributed by atoms with Crippen LogP contribution in [0, 0.1) is 0 Å². The number of rotatable bonds is 5. The molecule has 12 heavy (non-hydrogen) atoms. The molecule has 70 valence electrons. The monoisotopic (exact) mass is 175 g/mol. The van der Waals surface area contributed by atoms with E-state index in [9.17, 15) is 9.59 Å². The van der Waals surface area contributed by atoms with E-state index in [2.05, 4.69) is 5.32 Å². The van der Waals surface area contributed by atoms with E-state index in [0.717, 1.165) is 0 Å². The molecule has 0 unspecified atom stereocenters. The topological polar surface area (TPSA) is 75.6 Å². The highest BCUT2D eigenvalue weighted by Crippen LogP contribution is 1.92. The Labute approximate surface area is 70.7 Å². The predicted molar refractivity (Wildman–Crippen MR) is 41.7 cm³/mol. The molecule has 0 spiro atoms. The van der Waals surface area contributed by atoms with Crippen LogP contribution in [0.1, 0.15) is 13.3 Å². The number of carbonyl (C=O) groups is 2. The van der Waals surface area contributed by atoms with Crippen molar-refractivity contribution in [1.29, 1.82) is 0 Å². The lowest BCUT2D eigenvalue weighted by atomic mass is 10.2. The van der Waals surface area contributed by atoms with Gasteiger partial charge in [0, 0.05) is 14.0 Å². The molecule has 0 aromatic rings. The van der Waals surface area contributed by atoms with E-state index < -0.39 is 12.0 Å². The van der Waals surface area contributed by atoms with Gasteiger partial charge in [0.15, 0.2) is 0 Å². The number of ether oxygens (including phenoxy) is 1. The molecule has 0 aromatic carbocycles. The van der Waals surface area contributed by atoms with Crippen molar-refractivity contribution in [3.05, 3.63) is 0 Å². The van der Waals surface area contributed by atoms with Gasteiger partial charge in [-0.25, -0.2) is 0 Å². The number of carboxylic acid groups (broad SMARTS) is 1. The van der Waals surface area contributed by atoms with Gasteiger partial charge in [0.2, 0.25) is 5.91 Å². The summed E-state index contributed by atoms with van der Waals surface area (Å²) < 4.78 is 4.73. The molecule has 1 amide bonds. The lowest BCUT2D eigenvalue weighted by Gasteiger charge is -2.13. The second kappa shape index (κ2) is 5.54. The summed E-state index contributed by atoms with van der Waals surface area (Å²) in [6.07, 6.45) is -0.118. The summed E-state index contributed by atoms with van der Waals surface area (Å²) in [6, 6.07) is -0.440. The van der Waals surface area contributed by atoms with Crippen LogP contribution in [0.4, 0.5) is 0 Å². The van der Waals surface area contributed by atoms with Crippen LogP contribution in [0.5, 0.6) is 0 Å². The van der Waals surface area contributed by atoms with Crippen molar-refractivity contribution in [2.45, 2.75) is 19.4 Å². The summed E-state index contributed by atoms with van der Waals surface area (Å²) in [6.45, 7) is 1.55. The Bertz CT molecular complexity index is 153. The van der Waals surface area contributed by atoms with Crippen molar-refractivity contribution in [1.82, 2.24) is 5.32 Å². The number of aliphatic carboxylic acids is 1. The molecular weight excluding hydrogens is 162 g/mol. The largest absolute Gasteiger partial charge is 0.481 e. The van der Waals surface area contributed by atoms with Gasteiger partial charge in [-0.1, -0.05) is 0 Å². The predicted octanol–water partition coefficient (Wildman–Crippen LogP) is -0.388. The molecule has 5 heteroatoms. The molecule has 0 rings (SSSR count). The second-order valence-corrected chi connectivity index (χ2v) is 2.45. The Morgan fingerprint density at radius 2 is 2.17 bits per heavy atom. The van der Waals surface area contributed by atoms with Crippen LogP contribution in [0.2, 0.25) is 0 Å². The highest BCUT2D eigenvalue weighted by atomic mass is 16.5. The van der Waals surface area contributed by atoms with E-state index in [4.69, 9.17) is 9.84 Å². The van der Waals surface area contributed by atoms with Crippen LogP contribution in [0.25, 0.3) is 0 Å². The molecule has 0 aliphatic heterocycles. The van der Waals surface area contributed by atoms with Crippen molar-refractivity contribution < 1.29 is 19.4 Å². The van der Waals surface area contributed by atoms with Gasteiger partial charge in [0.1, 0.15) is 0 Å². The Morgan fingerprint density at radius 3 is 2.50 bits per heavy atom. The van der Waals surface area contributed by atoms with Crippen LogP contribution >= 0.6 is 0 Å². The number of carboxylic acids is 1. The minimum atomic E-state index is -0.953. The molecule has 0 aliphatic rings. The molecule has 0 radical (unpaired) electrons. The summed E-state index contributed by atoms with van der Waals surface area (Å²) in [4.78, 5) is 20.8. The molecule has 0 aliphatic carbocycles. The van der Waals surface area contributed by atoms with E-state index in [1.165, 1.54) is 14.0 Å². The average Bonchev–Trinajstić information content (AvgIpc) is 1.84. The highest BCUT2D eigenvalue weighted by molar-refractivity contribution is 5.74. The lowest BCUT2D eigenvalue weighted by Crippen LogP contribution is -2.38. The van der Waals surface area contributed by atoms with E-state index >= 15 is 0 Å². The Kier molecular flexibility index (Phi) is 5.03. The van der Waals surface area contributed by atoms with Gasteiger partial charge in [0.05, 0.1) is 19.1 Å². The summed E-state index contributed by atoms with van der Waals surface area (Å²) >= 11 is 0. The first kappa shape index (κ1) is 10.9. The third-order valence-electron chi connectivity index (χ3n) is 1.20. The van der Waals surface area contributed by atoms with Gasteiger partial charge in [-0.05, 0) is 0 Å². The maximum absolute atomic E-state index is 10.6. The number of methoxy groups -OCH3 is 1. The maximum Gasteiger partial charge on any atom is 0.305 e. The Hall–Kier alpha value is -1.10. The van der Waals surface area contributed by atoms with Crippen LogP contribution < -0.4 is 5.32 Å². The fourth-order valence-corrected chi connectivity index (χ4v) is 0.851. The summed E-state index contributed by atoms with van der Waals surface area (Å²) in [5, 5.41) is 10.9. The van der Waals surface area contributed by atoms with Gasteiger partial charge in [-0.2, -0.15) is 0 Å². The van der Waals surface area contributed by atoms with Gasteiger partial charge < -0.3 is 15.2 Å². The Balaban J connectivity index is 3.85. The molecule has 0 bridgehead atoms. The fourth-order valence-electron chi connectivity index (χ4n) is 0.851. The highest BCUT2D eigenvalue weighted by Gasteiger charge is 2.13. The van der Waals surface area contributed by atoms with E-state index in [1.807, 2.05) is 0 Å². The SMILES string of the molecule is COC[C@@H](CC(=O)O)NC(C)=O. The lowest BCUT2D eigenvalue weighted by molar-refractivity contribution is -0.138. The molecule has 2 N–H and O–H groups in total. The first-order valence-corrected chi connectivity index (χ1v) is 3.54. The van der Waals surface area contributed by atoms with E-state index in [-0.39, 0.29) is 18.9 Å². The molecule has 0 saturated carbocycles. The minimum Gasteiger partial charge on any atom is -0.481 e. The zero-order chi connectivity index (χ0) is 9.56. The van der Waals surface area contributed by atoms with Crippen molar-refractivity contribution >= 4 is 11.9 Å². The van der Waals surface area contributed by atoms with Gasteiger partial charge in [-0.15, -0.1) is 0 Å². The molecule has 0 fully saturated rings. The van der Waals surface area contributed by atoms with Crippen molar-refractivity contribution in [3.63, 3.8) is 0 Å². The molecular formula is C7H13NO4. The third-order valence-corrected chi connectivity index (χ3v) is 1.20. The van der Waals surface area contributed by atoms with Crippen LogP contribution in [0.15, 0.2) is 0 Å². The second-order valence-electron chi connectivity index (χ2n) is 2.45. The number of carbonyl (C=O) groups excluding carboxylic acids is 1. The molecule has 5 nitrogen and oxygen atoms in total. The number of hydrogen-bond acceptors (Lipinski definition) is 3. The number of nitrogens with one attached hydrogen (secondary N) is 1. The summed E-state index contributed by atoms with van der Waals surface area (Å²) in [5.74, 6) is -1.20. The molecule has 0 saturated heterocycles. The van der Waals surface area contributed by atoms with E-state index in [1.54, 1.807) is 0 Å². The van der Waals surface area contributed by atoms with Gasteiger partial charge in [0.25, 0.3) is 0 Å². The maximum atomic E-state index is 10.6. The van der Waals surface area contributed by atoms with Crippen LogP contribution in [-0.4, -0.2) is 36.7 Å². The first-order chi connectivity index (χ1) is 5.56. The smallest absolute Gasteiger partial charge is 0.305 e. The molecule has 0 aromatic heterocycles. The van der Waals surface area contributed by atoms with Crippen LogP contribution in [-0.2, 0) is 14.3 Å². The first-order valence-electron chi connectivity index (χ1n) is 3.54. The number of amides is 1. The summed E-state index contributed by atoms with van der Waals surface area (Å²) in [7, 11) is 1.46. The third kappa shape index (κ3) is 5.67.